The van der Waals surface area contributed by atoms with E-state index in [1.54, 1.807) is 13.1 Å². The van der Waals surface area contributed by atoms with E-state index in [-0.39, 0.29) is 0 Å². The summed E-state index contributed by atoms with van der Waals surface area (Å²) in [5, 5.41) is 0. The van der Waals surface area contributed by atoms with E-state index in [2.05, 4.69) is 31.8 Å². The Morgan fingerprint density at radius 2 is 2.46 bits per heavy atom. The van der Waals surface area contributed by atoms with Crippen molar-refractivity contribution in [2.45, 2.75) is 13.3 Å². The minimum atomic E-state index is 0.478. The lowest BCUT2D eigenvalue weighted by Crippen LogP contribution is -2.00. The van der Waals surface area contributed by atoms with Crippen LogP contribution in [0.5, 0.6) is 5.88 Å². The maximum Gasteiger partial charge on any atom is 0.231 e. The number of aryl methyl sites for hydroxylation is 1. The van der Waals surface area contributed by atoms with Crippen LogP contribution in [-0.2, 0) is 0 Å². The minimum absolute atomic E-state index is 0.478. The van der Waals surface area contributed by atoms with Crippen molar-refractivity contribution < 1.29 is 4.74 Å². The van der Waals surface area contributed by atoms with E-state index in [0.29, 0.717) is 24.7 Å². The summed E-state index contributed by atoms with van der Waals surface area (Å²) in [5.74, 6) is 3.71. The topological polar surface area (TPSA) is 35.0 Å². The third kappa shape index (κ3) is 3.03. The maximum atomic E-state index is 5.32. The van der Waals surface area contributed by atoms with Crippen LogP contribution in [0.1, 0.15) is 12.2 Å². The molecule has 0 radical (unpaired) electrons. The van der Waals surface area contributed by atoms with Crippen LogP contribution in [0.3, 0.4) is 0 Å². The summed E-state index contributed by atoms with van der Waals surface area (Å²) in [6.07, 6.45) is 7.33. The molecule has 3 nitrogen and oxygen atoms in total. The van der Waals surface area contributed by atoms with Gasteiger partial charge in [-0.05, 0) is 22.9 Å². The first-order valence-electron chi connectivity index (χ1n) is 3.79. The van der Waals surface area contributed by atoms with Crippen molar-refractivity contribution in [3.63, 3.8) is 0 Å². The van der Waals surface area contributed by atoms with Gasteiger partial charge in [-0.25, -0.2) is 4.98 Å². The number of hydrogen-bond donors (Lipinski definition) is 0. The monoisotopic (exact) mass is 240 g/mol. The first kappa shape index (κ1) is 10.0. The summed E-state index contributed by atoms with van der Waals surface area (Å²) in [5.41, 5.74) is 0. The highest BCUT2D eigenvalue weighted by Gasteiger charge is 2.02. The van der Waals surface area contributed by atoms with E-state index in [4.69, 9.17) is 11.2 Å². The molecule has 0 aromatic carbocycles. The second-order valence-corrected chi connectivity index (χ2v) is 3.23. The van der Waals surface area contributed by atoms with Gasteiger partial charge in [0.25, 0.3) is 0 Å². The van der Waals surface area contributed by atoms with Gasteiger partial charge in [0.1, 0.15) is 12.4 Å². The molecule has 0 saturated heterocycles. The second kappa shape index (κ2) is 4.83. The molecule has 0 unspecified atom stereocenters. The molecule has 0 aliphatic heterocycles. The molecule has 0 aliphatic carbocycles. The van der Waals surface area contributed by atoms with E-state index >= 15 is 0 Å². The third-order valence-corrected chi connectivity index (χ3v) is 1.86. The number of rotatable bonds is 3. The van der Waals surface area contributed by atoms with E-state index in [1.807, 2.05) is 0 Å². The zero-order valence-electron chi connectivity index (χ0n) is 7.25. The Morgan fingerprint density at radius 1 is 1.69 bits per heavy atom. The molecule has 0 fully saturated rings. The summed E-state index contributed by atoms with van der Waals surface area (Å²) in [6, 6.07) is 0. The number of ether oxygens (including phenoxy) is 1. The van der Waals surface area contributed by atoms with Gasteiger partial charge in [0.15, 0.2) is 0 Å². The highest BCUT2D eigenvalue weighted by atomic mass is 79.9. The van der Waals surface area contributed by atoms with Crippen LogP contribution in [0.2, 0.25) is 0 Å². The van der Waals surface area contributed by atoms with Crippen molar-refractivity contribution in [2.75, 3.05) is 6.61 Å². The fraction of sp³-hybridized carbons (Fsp3) is 0.333. The Balaban J connectivity index is 2.65. The molecule has 68 valence electrons. The van der Waals surface area contributed by atoms with Gasteiger partial charge in [-0.1, -0.05) is 0 Å². The van der Waals surface area contributed by atoms with Gasteiger partial charge < -0.3 is 4.74 Å². The molecule has 4 heteroatoms. The van der Waals surface area contributed by atoms with Gasteiger partial charge in [0.05, 0.1) is 4.47 Å². The van der Waals surface area contributed by atoms with Crippen molar-refractivity contribution in [2.24, 2.45) is 0 Å². The largest absolute Gasteiger partial charge is 0.476 e. The molecule has 0 atom stereocenters. The van der Waals surface area contributed by atoms with Gasteiger partial charge in [0, 0.05) is 12.6 Å². The Labute approximate surface area is 85.7 Å². The van der Waals surface area contributed by atoms with Crippen LogP contribution in [0.4, 0.5) is 0 Å². The number of hydrogen-bond acceptors (Lipinski definition) is 3. The molecular formula is C9H9BrN2O. The molecule has 0 N–H and O–H groups in total. The molecular weight excluding hydrogens is 232 g/mol. The fourth-order valence-corrected chi connectivity index (χ4v) is 1.05. The van der Waals surface area contributed by atoms with Crippen molar-refractivity contribution in [1.29, 1.82) is 0 Å². The van der Waals surface area contributed by atoms with E-state index in [0.717, 1.165) is 4.47 Å². The fourth-order valence-electron chi connectivity index (χ4n) is 0.742. The molecule has 0 spiro atoms. The van der Waals surface area contributed by atoms with Crippen LogP contribution in [0.25, 0.3) is 0 Å². The molecule has 0 bridgehead atoms. The van der Waals surface area contributed by atoms with Crippen molar-refractivity contribution in [3.8, 4) is 18.2 Å². The summed E-state index contributed by atoms with van der Waals surface area (Å²) in [6.45, 7) is 2.28. The summed E-state index contributed by atoms with van der Waals surface area (Å²) in [4.78, 5) is 8.09. The lowest BCUT2D eigenvalue weighted by atomic mass is 10.5. The van der Waals surface area contributed by atoms with Gasteiger partial charge in [-0.15, -0.1) is 12.3 Å². The van der Waals surface area contributed by atoms with E-state index < -0.39 is 0 Å². The average molecular weight is 241 g/mol. The number of halogens is 1. The molecule has 0 aliphatic rings. The zero-order chi connectivity index (χ0) is 9.68. The Kier molecular flexibility index (Phi) is 3.71. The Hall–Kier alpha value is -1.08. The van der Waals surface area contributed by atoms with Crippen molar-refractivity contribution >= 4 is 15.9 Å². The van der Waals surface area contributed by atoms with Gasteiger partial charge in [-0.3, -0.25) is 0 Å². The van der Waals surface area contributed by atoms with E-state index in [1.165, 1.54) is 0 Å². The van der Waals surface area contributed by atoms with Crippen molar-refractivity contribution in [3.05, 3.63) is 16.5 Å². The van der Waals surface area contributed by atoms with Gasteiger partial charge in [0.2, 0.25) is 5.88 Å². The molecule has 1 aromatic rings. The summed E-state index contributed by atoms with van der Waals surface area (Å²) >= 11 is 3.28. The van der Waals surface area contributed by atoms with Crippen LogP contribution in [0.15, 0.2) is 10.7 Å². The lowest BCUT2D eigenvalue weighted by molar-refractivity contribution is 0.311. The predicted molar refractivity (Wildman–Crippen MR) is 53.4 cm³/mol. The molecule has 1 heterocycles. The smallest absolute Gasteiger partial charge is 0.231 e. The normalized spacial score (nSPS) is 9.31. The summed E-state index contributed by atoms with van der Waals surface area (Å²) in [7, 11) is 0. The van der Waals surface area contributed by atoms with Crippen LogP contribution >= 0.6 is 15.9 Å². The SMILES string of the molecule is C#CCCOc1nc(C)ncc1Br. The minimum Gasteiger partial charge on any atom is -0.476 e. The second-order valence-electron chi connectivity index (χ2n) is 2.37. The third-order valence-electron chi connectivity index (χ3n) is 1.32. The number of aromatic nitrogens is 2. The van der Waals surface area contributed by atoms with Crippen LogP contribution in [-0.4, -0.2) is 16.6 Å². The van der Waals surface area contributed by atoms with Crippen LogP contribution < -0.4 is 4.74 Å². The van der Waals surface area contributed by atoms with Crippen LogP contribution in [0, 0.1) is 19.3 Å². The molecule has 13 heavy (non-hydrogen) atoms. The summed E-state index contributed by atoms with van der Waals surface area (Å²) < 4.78 is 6.06. The Bertz CT molecular complexity index is 333. The highest BCUT2D eigenvalue weighted by Crippen LogP contribution is 2.20. The molecule has 1 rings (SSSR count). The van der Waals surface area contributed by atoms with Gasteiger partial charge >= 0.3 is 0 Å². The highest BCUT2D eigenvalue weighted by molar-refractivity contribution is 9.10. The first-order valence-corrected chi connectivity index (χ1v) is 4.58. The molecule has 0 amide bonds. The number of terminal acetylenes is 1. The Morgan fingerprint density at radius 3 is 3.15 bits per heavy atom. The van der Waals surface area contributed by atoms with Gasteiger partial charge in [-0.2, -0.15) is 4.98 Å². The van der Waals surface area contributed by atoms with Crippen molar-refractivity contribution in [1.82, 2.24) is 9.97 Å². The average Bonchev–Trinajstić information content (AvgIpc) is 2.11. The zero-order valence-corrected chi connectivity index (χ0v) is 8.84. The maximum absolute atomic E-state index is 5.32. The van der Waals surface area contributed by atoms with E-state index in [9.17, 15) is 0 Å². The lowest BCUT2D eigenvalue weighted by Gasteiger charge is -2.04. The molecule has 0 saturated carbocycles. The first-order chi connectivity index (χ1) is 6.24. The molecule has 1 aromatic heterocycles. The predicted octanol–water partition coefficient (Wildman–Crippen LogP) is 1.95. The number of nitrogens with zero attached hydrogens (tertiary/aromatic N) is 2. The standard InChI is InChI=1S/C9H9BrN2O/c1-3-4-5-13-9-8(10)6-11-7(2)12-9/h1,6H,4-5H2,2H3. The quantitative estimate of drug-likeness (QED) is 0.599.